The fourth-order valence-corrected chi connectivity index (χ4v) is 4.97. The number of ether oxygens (including phenoxy) is 3. The van der Waals surface area contributed by atoms with Crippen molar-refractivity contribution >= 4 is 0 Å². The van der Waals surface area contributed by atoms with Gasteiger partial charge in [-0.1, -0.05) is 19.1 Å². The molecule has 2 aromatic rings. The van der Waals surface area contributed by atoms with E-state index < -0.39 is 73.4 Å². The summed E-state index contributed by atoms with van der Waals surface area (Å²) in [5.41, 5.74) is -2.91. The number of aliphatic hydroxyl groups is 7. The standard InChI is InChI=1S/C29H34N2O12/c1-14-21(12-32)40-26(28(2,37)24(14)35)39-19-6-4-15(8-17(19)10-30)16-5-7-20(18(9-16)11-31)42-43-27-29(3,38)25(36)23(34)22(13-33)41-27/h4-9,14,21-27,32-38H,12-13H2,1-3H3. The van der Waals surface area contributed by atoms with Crippen molar-refractivity contribution in [3.05, 3.63) is 47.5 Å². The van der Waals surface area contributed by atoms with Gasteiger partial charge in [-0.25, -0.2) is 0 Å². The van der Waals surface area contributed by atoms with E-state index in [1.54, 1.807) is 19.1 Å². The van der Waals surface area contributed by atoms with E-state index in [2.05, 4.69) is 0 Å². The molecule has 10 unspecified atom stereocenters. The molecule has 14 nitrogen and oxygen atoms in total. The maximum absolute atomic E-state index is 10.9. The van der Waals surface area contributed by atoms with Crippen LogP contribution in [-0.2, 0) is 14.4 Å². The summed E-state index contributed by atoms with van der Waals surface area (Å²) in [6.45, 7) is 3.02. The maximum atomic E-state index is 10.9. The van der Waals surface area contributed by atoms with Crippen LogP contribution in [-0.4, -0.2) is 103 Å². The van der Waals surface area contributed by atoms with Crippen molar-refractivity contribution in [2.45, 2.75) is 75.1 Å². The van der Waals surface area contributed by atoms with Crippen LogP contribution in [0.5, 0.6) is 11.5 Å². The average Bonchev–Trinajstić information content (AvgIpc) is 3.00. The Kier molecular flexibility index (Phi) is 9.60. The quantitative estimate of drug-likeness (QED) is 0.148. The molecule has 7 N–H and O–H groups in total. The van der Waals surface area contributed by atoms with Gasteiger partial charge in [-0.2, -0.15) is 15.4 Å². The van der Waals surface area contributed by atoms with Crippen molar-refractivity contribution in [1.82, 2.24) is 0 Å². The van der Waals surface area contributed by atoms with E-state index in [1.165, 1.54) is 31.2 Å². The second kappa shape index (κ2) is 12.7. The number of hydrogen-bond donors (Lipinski definition) is 7. The zero-order valence-corrected chi connectivity index (χ0v) is 23.6. The molecule has 0 bridgehead atoms. The third kappa shape index (κ3) is 6.17. The minimum absolute atomic E-state index is 0.00381. The predicted molar refractivity (Wildman–Crippen MR) is 144 cm³/mol. The summed E-state index contributed by atoms with van der Waals surface area (Å²) < 4.78 is 16.8. The smallest absolute Gasteiger partial charge is 0.234 e. The molecule has 2 fully saturated rings. The normalized spacial score (nSPS) is 35.9. The van der Waals surface area contributed by atoms with Crippen LogP contribution in [0.4, 0.5) is 0 Å². The van der Waals surface area contributed by atoms with Gasteiger partial charge in [-0.3, -0.25) is 0 Å². The zero-order valence-electron chi connectivity index (χ0n) is 23.6. The fraction of sp³-hybridized carbons (Fsp3) is 0.517. The van der Waals surface area contributed by atoms with Gasteiger partial charge in [0.15, 0.2) is 5.75 Å². The van der Waals surface area contributed by atoms with Crippen molar-refractivity contribution in [3.8, 4) is 34.8 Å². The van der Waals surface area contributed by atoms with Crippen LogP contribution in [0.2, 0.25) is 0 Å². The monoisotopic (exact) mass is 602 g/mol. The summed E-state index contributed by atoms with van der Waals surface area (Å²) in [4.78, 5) is 10.4. The second-order valence-electron chi connectivity index (χ2n) is 11.0. The lowest BCUT2D eigenvalue weighted by atomic mass is 9.82. The summed E-state index contributed by atoms with van der Waals surface area (Å²) >= 11 is 0. The van der Waals surface area contributed by atoms with Crippen LogP contribution in [0.25, 0.3) is 11.1 Å². The first kappa shape index (κ1) is 32.5. The van der Waals surface area contributed by atoms with Gasteiger partial charge in [-0.05, 0) is 49.2 Å². The van der Waals surface area contributed by atoms with Crippen LogP contribution in [0.1, 0.15) is 31.9 Å². The molecule has 43 heavy (non-hydrogen) atoms. The lowest BCUT2D eigenvalue weighted by molar-refractivity contribution is -0.410. The third-order valence-corrected chi connectivity index (χ3v) is 7.89. The van der Waals surface area contributed by atoms with Crippen molar-refractivity contribution < 1.29 is 59.7 Å². The van der Waals surface area contributed by atoms with Crippen molar-refractivity contribution in [2.24, 2.45) is 5.92 Å². The Bertz CT molecular complexity index is 1390. The Morgan fingerprint density at radius 3 is 1.86 bits per heavy atom. The first-order valence-electron chi connectivity index (χ1n) is 13.4. The van der Waals surface area contributed by atoms with Gasteiger partial charge in [0.05, 0.1) is 36.5 Å². The summed E-state index contributed by atoms with van der Waals surface area (Å²) in [5.74, 6) is -0.600. The molecule has 2 aromatic carbocycles. The van der Waals surface area contributed by atoms with Crippen LogP contribution in [0.15, 0.2) is 36.4 Å². The number of benzene rings is 2. The minimum atomic E-state index is -2.12. The Hall–Kier alpha value is -3.38. The Labute approximate surface area is 247 Å². The molecule has 2 aliphatic rings. The zero-order chi connectivity index (χ0) is 31.7. The van der Waals surface area contributed by atoms with E-state index >= 15 is 0 Å². The van der Waals surface area contributed by atoms with Gasteiger partial charge in [0, 0.05) is 5.92 Å². The summed E-state index contributed by atoms with van der Waals surface area (Å²) in [6, 6.07) is 12.9. The molecular formula is C29H34N2O12. The number of aliphatic hydroxyl groups excluding tert-OH is 5. The lowest BCUT2D eigenvalue weighted by Crippen LogP contribution is -2.66. The molecule has 0 aliphatic carbocycles. The van der Waals surface area contributed by atoms with E-state index in [9.17, 15) is 46.3 Å². The van der Waals surface area contributed by atoms with E-state index in [0.29, 0.717) is 11.1 Å². The average molecular weight is 603 g/mol. The Balaban J connectivity index is 1.53. The van der Waals surface area contributed by atoms with E-state index in [-0.39, 0.29) is 22.6 Å². The molecule has 232 valence electrons. The van der Waals surface area contributed by atoms with E-state index in [0.717, 1.165) is 6.92 Å². The van der Waals surface area contributed by atoms with Crippen LogP contribution in [0, 0.1) is 28.6 Å². The van der Waals surface area contributed by atoms with Gasteiger partial charge in [0.25, 0.3) is 0 Å². The molecule has 10 atom stereocenters. The fourth-order valence-electron chi connectivity index (χ4n) is 4.97. The number of nitriles is 2. The maximum Gasteiger partial charge on any atom is 0.234 e. The van der Waals surface area contributed by atoms with E-state index in [4.69, 9.17) is 24.0 Å². The number of hydrogen-bond acceptors (Lipinski definition) is 14. The number of rotatable bonds is 8. The van der Waals surface area contributed by atoms with E-state index in [1.807, 2.05) is 12.1 Å². The highest BCUT2D eigenvalue weighted by atomic mass is 17.2. The highest BCUT2D eigenvalue weighted by molar-refractivity contribution is 5.70. The van der Waals surface area contributed by atoms with Crippen molar-refractivity contribution in [3.63, 3.8) is 0 Å². The molecular weight excluding hydrogens is 568 g/mol. The summed E-state index contributed by atoms with van der Waals surface area (Å²) in [5, 5.41) is 90.7. The van der Waals surface area contributed by atoms with Crippen molar-refractivity contribution in [1.29, 1.82) is 10.5 Å². The first-order chi connectivity index (χ1) is 20.3. The van der Waals surface area contributed by atoms with Gasteiger partial charge >= 0.3 is 0 Å². The molecule has 0 amide bonds. The molecule has 2 aliphatic heterocycles. The van der Waals surface area contributed by atoms with Gasteiger partial charge in [0.1, 0.15) is 47.4 Å². The molecule has 0 aromatic heterocycles. The summed E-state index contributed by atoms with van der Waals surface area (Å²) in [6.07, 6.45) is -9.67. The van der Waals surface area contributed by atoms with Gasteiger partial charge in [-0.15, -0.1) is 0 Å². The first-order valence-corrected chi connectivity index (χ1v) is 13.4. The molecule has 0 radical (unpaired) electrons. The van der Waals surface area contributed by atoms with Crippen LogP contribution in [0.3, 0.4) is 0 Å². The number of nitrogens with zero attached hydrogens (tertiary/aromatic N) is 2. The van der Waals surface area contributed by atoms with Gasteiger partial charge in [0.2, 0.25) is 12.6 Å². The summed E-state index contributed by atoms with van der Waals surface area (Å²) in [7, 11) is 0. The Morgan fingerprint density at radius 2 is 1.30 bits per heavy atom. The molecule has 4 rings (SSSR count). The highest BCUT2D eigenvalue weighted by Crippen LogP contribution is 2.37. The Morgan fingerprint density at radius 1 is 0.791 bits per heavy atom. The topological polar surface area (TPSA) is 235 Å². The molecule has 14 heteroatoms. The predicted octanol–water partition coefficient (Wildman–Crippen LogP) is -0.559. The van der Waals surface area contributed by atoms with Crippen molar-refractivity contribution in [2.75, 3.05) is 13.2 Å². The SMILES string of the molecule is CC1C(CO)OC(Oc2ccc(-c3ccc(OOC4OC(CO)C(O)C(O)C4(C)O)c(C#N)c3)cc2C#N)C(C)(O)C1O. The molecule has 2 heterocycles. The molecule has 0 spiro atoms. The minimum Gasteiger partial charge on any atom is -0.460 e. The second-order valence-corrected chi connectivity index (χ2v) is 11.0. The lowest BCUT2D eigenvalue weighted by Gasteiger charge is -2.46. The highest BCUT2D eigenvalue weighted by Gasteiger charge is 2.54. The molecule has 2 saturated heterocycles. The third-order valence-electron chi connectivity index (χ3n) is 7.89. The molecule has 0 saturated carbocycles. The van der Waals surface area contributed by atoms with Gasteiger partial charge < -0.3 is 54.8 Å². The van der Waals surface area contributed by atoms with Crippen LogP contribution >= 0.6 is 0 Å². The largest absolute Gasteiger partial charge is 0.460 e. The van der Waals surface area contributed by atoms with Crippen LogP contribution < -0.4 is 9.62 Å².